The third-order valence-corrected chi connectivity index (χ3v) is 3.77. The van der Waals surface area contributed by atoms with Gasteiger partial charge in [-0.05, 0) is 11.4 Å². The zero-order valence-corrected chi connectivity index (χ0v) is 11.7. The predicted octanol–water partition coefficient (Wildman–Crippen LogP) is 0.900. The quantitative estimate of drug-likeness (QED) is 0.751. The van der Waals surface area contributed by atoms with Gasteiger partial charge in [-0.3, -0.25) is 10.2 Å². The fraction of sp³-hybridized carbons (Fsp3) is 0.500. The zero-order chi connectivity index (χ0) is 14.4. The molecule has 0 spiro atoms. The lowest BCUT2D eigenvalue weighted by molar-refractivity contribution is 0.0388. The minimum atomic E-state index is -1.05. The van der Waals surface area contributed by atoms with Crippen molar-refractivity contribution in [3.63, 3.8) is 0 Å². The summed E-state index contributed by atoms with van der Waals surface area (Å²) in [6.45, 7) is 4.47. The molecule has 0 bridgehead atoms. The van der Waals surface area contributed by atoms with Crippen LogP contribution in [0.25, 0.3) is 0 Å². The highest BCUT2D eigenvalue weighted by atomic mass is 32.1. The Hall–Kier alpha value is -1.64. The van der Waals surface area contributed by atoms with E-state index in [1.165, 1.54) is 17.4 Å². The number of ether oxygens (including phenoxy) is 1. The first-order chi connectivity index (χ1) is 9.66. The van der Waals surface area contributed by atoms with Gasteiger partial charge in [0, 0.05) is 26.2 Å². The van der Waals surface area contributed by atoms with Gasteiger partial charge in [0.2, 0.25) is 0 Å². The highest BCUT2D eigenvalue weighted by Crippen LogP contribution is 2.22. The summed E-state index contributed by atoms with van der Waals surface area (Å²) in [7, 11) is 0. The van der Waals surface area contributed by atoms with E-state index < -0.39 is 5.97 Å². The molecule has 0 aliphatic carbocycles. The molecule has 2 heterocycles. The molecule has 1 aliphatic rings. The van der Waals surface area contributed by atoms with E-state index in [-0.39, 0.29) is 11.6 Å². The second-order valence-corrected chi connectivity index (χ2v) is 5.22. The molecule has 0 unspecified atom stereocenters. The number of carboxylic acids is 1. The Labute approximate surface area is 120 Å². The van der Waals surface area contributed by atoms with Crippen molar-refractivity contribution in [2.45, 2.75) is 0 Å². The number of hydrogen-bond donors (Lipinski definition) is 3. The normalized spacial score (nSPS) is 15.8. The van der Waals surface area contributed by atoms with E-state index in [1.54, 1.807) is 5.38 Å². The van der Waals surface area contributed by atoms with Crippen LogP contribution < -0.4 is 10.6 Å². The molecule has 2 rings (SSSR count). The SMILES string of the molecule is O=C(NCCN1CCOCC1)Nc1sccc1C(=O)O. The monoisotopic (exact) mass is 299 g/mol. The molecule has 0 radical (unpaired) electrons. The number of thiophene rings is 1. The summed E-state index contributed by atoms with van der Waals surface area (Å²) in [5.74, 6) is -1.05. The summed E-state index contributed by atoms with van der Waals surface area (Å²) in [5, 5.41) is 16.2. The second kappa shape index (κ2) is 7.22. The first-order valence-electron chi connectivity index (χ1n) is 6.32. The van der Waals surface area contributed by atoms with Crippen molar-refractivity contribution < 1.29 is 19.4 Å². The number of anilines is 1. The molecule has 1 aromatic rings. The smallest absolute Gasteiger partial charge is 0.338 e. The molecule has 7 nitrogen and oxygen atoms in total. The minimum absolute atomic E-state index is 0.110. The topological polar surface area (TPSA) is 90.9 Å². The molecule has 0 saturated carbocycles. The largest absolute Gasteiger partial charge is 0.478 e. The molecule has 1 aliphatic heterocycles. The number of amides is 2. The van der Waals surface area contributed by atoms with Crippen LogP contribution in [-0.2, 0) is 4.74 Å². The molecule has 2 amide bonds. The van der Waals surface area contributed by atoms with Crippen LogP contribution in [0.15, 0.2) is 11.4 Å². The lowest BCUT2D eigenvalue weighted by atomic mass is 10.3. The molecule has 0 aromatic carbocycles. The number of carbonyl (C=O) groups excluding carboxylic acids is 1. The van der Waals surface area contributed by atoms with Crippen LogP contribution >= 0.6 is 11.3 Å². The van der Waals surface area contributed by atoms with Crippen LogP contribution in [0.1, 0.15) is 10.4 Å². The molecule has 0 atom stereocenters. The number of carbonyl (C=O) groups is 2. The van der Waals surface area contributed by atoms with Gasteiger partial charge in [0.15, 0.2) is 0 Å². The molecule has 1 aromatic heterocycles. The third kappa shape index (κ3) is 4.19. The van der Waals surface area contributed by atoms with Crippen molar-refractivity contribution in [3.8, 4) is 0 Å². The lowest BCUT2D eigenvalue weighted by Crippen LogP contribution is -2.42. The average molecular weight is 299 g/mol. The van der Waals surface area contributed by atoms with Gasteiger partial charge in [0.05, 0.1) is 18.8 Å². The minimum Gasteiger partial charge on any atom is -0.478 e. The van der Waals surface area contributed by atoms with Gasteiger partial charge in [0.25, 0.3) is 0 Å². The van der Waals surface area contributed by atoms with Gasteiger partial charge < -0.3 is 15.2 Å². The molecule has 3 N–H and O–H groups in total. The first-order valence-corrected chi connectivity index (χ1v) is 7.20. The predicted molar refractivity (Wildman–Crippen MR) is 75.6 cm³/mol. The van der Waals surface area contributed by atoms with E-state index in [9.17, 15) is 9.59 Å². The van der Waals surface area contributed by atoms with Crippen LogP contribution in [0.4, 0.5) is 9.80 Å². The van der Waals surface area contributed by atoms with E-state index in [1.807, 2.05) is 0 Å². The molecular weight excluding hydrogens is 282 g/mol. The van der Waals surface area contributed by atoms with Crippen molar-refractivity contribution in [2.24, 2.45) is 0 Å². The van der Waals surface area contributed by atoms with Crippen molar-refractivity contribution in [3.05, 3.63) is 17.0 Å². The van der Waals surface area contributed by atoms with Gasteiger partial charge in [-0.25, -0.2) is 9.59 Å². The molecular formula is C12H17N3O4S. The number of nitrogens with one attached hydrogen (secondary N) is 2. The molecule has 110 valence electrons. The average Bonchev–Trinajstić information content (AvgIpc) is 2.88. The highest BCUT2D eigenvalue weighted by Gasteiger charge is 2.14. The maximum Gasteiger partial charge on any atom is 0.338 e. The maximum atomic E-state index is 11.7. The first kappa shape index (κ1) is 14.8. The van der Waals surface area contributed by atoms with E-state index in [4.69, 9.17) is 9.84 Å². The molecule has 20 heavy (non-hydrogen) atoms. The van der Waals surface area contributed by atoms with Crippen molar-refractivity contribution >= 4 is 28.3 Å². The van der Waals surface area contributed by atoms with Gasteiger partial charge in [-0.1, -0.05) is 0 Å². The Morgan fingerprint density at radius 3 is 2.85 bits per heavy atom. The lowest BCUT2D eigenvalue weighted by Gasteiger charge is -2.26. The number of rotatable bonds is 5. The van der Waals surface area contributed by atoms with Crippen molar-refractivity contribution in [1.82, 2.24) is 10.2 Å². The fourth-order valence-corrected chi connectivity index (χ4v) is 2.65. The van der Waals surface area contributed by atoms with Gasteiger partial charge in [0.1, 0.15) is 5.00 Å². The molecule has 1 saturated heterocycles. The Balaban J connectivity index is 1.72. The summed E-state index contributed by atoms with van der Waals surface area (Å²) in [5.41, 5.74) is 0.110. The Morgan fingerprint density at radius 1 is 1.40 bits per heavy atom. The number of urea groups is 1. The molecule has 1 fully saturated rings. The van der Waals surface area contributed by atoms with Crippen LogP contribution in [-0.4, -0.2) is 61.4 Å². The van der Waals surface area contributed by atoms with E-state index in [0.29, 0.717) is 11.5 Å². The van der Waals surface area contributed by atoms with Gasteiger partial charge in [-0.15, -0.1) is 11.3 Å². The van der Waals surface area contributed by atoms with Crippen molar-refractivity contribution in [2.75, 3.05) is 44.7 Å². The summed E-state index contributed by atoms with van der Waals surface area (Å²) < 4.78 is 5.24. The molecule has 8 heteroatoms. The Morgan fingerprint density at radius 2 is 2.15 bits per heavy atom. The number of aromatic carboxylic acids is 1. The van der Waals surface area contributed by atoms with E-state index >= 15 is 0 Å². The second-order valence-electron chi connectivity index (χ2n) is 4.30. The number of carboxylic acid groups (broad SMARTS) is 1. The van der Waals surface area contributed by atoms with Crippen molar-refractivity contribution in [1.29, 1.82) is 0 Å². The summed E-state index contributed by atoms with van der Waals surface area (Å²) in [6.07, 6.45) is 0. The Kier molecular flexibility index (Phi) is 5.33. The highest BCUT2D eigenvalue weighted by molar-refractivity contribution is 7.14. The van der Waals surface area contributed by atoms with Crippen LogP contribution in [0.3, 0.4) is 0 Å². The third-order valence-electron chi connectivity index (χ3n) is 2.94. The number of morpholine rings is 1. The van der Waals surface area contributed by atoms with Gasteiger partial charge >= 0.3 is 12.0 Å². The van der Waals surface area contributed by atoms with Crippen LogP contribution in [0.5, 0.6) is 0 Å². The summed E-state index contributed by atoms with van der Waals surface area (Å²) in [4.78, 5) is 24.8. The zero-order valence-electron chi connectivity index (χ0n) is 10.9. The fourth-order valence-electron chi connectivity index (χ4n) is 1.87. The van der Waals surface area contributed by atoms with E-state index in [2.05, 4.69) is 15.5 Å². The van der Waals surface area contributed by atoms with Crippen LogP contribution in [0.2, 0.25) is 0 Å². The number of hydrogen-bond acceptors (Lipinski definition) is 5. The Bertz CT molecular complexity index is 471. The van der Waals surface area contributed by atoms with Gasteiger partial charge in [-0.2, -0.15) is 0 Å². The standard InChI is InChI=1S/C12H17N3O4S/c16-11(17)9-1-8-20-10(9)14-12(18)13-2-3-15-4-6-19-7-5-15/h1,8H,2-7H2,(H,16,17)(H2,13,14,18). The summed E-state index contributed by atoms with van der Waals surface area (Å²) in [6, 6.07) is 1.08. The van der Waals surface area contributed by atoms with Crippen LogP contribution in [0, 0.1) is 0 Å². The number of nitrogens with zero attached hydrogens (tertiary/aromatic N) is 1. The van der Waals surface area contributed by atoms with E-state index in [0.717, 1.165) is 32.8 Å². The summed E-state index contributed by atoms with van der Waals surface area (Å²) >= 11 is 1.19. The maximum absolute atomic E-state index is 11.7.